The van der Waals surface area contributed by atoms with E-state index < -0.39 is 41.7 Å². The highest BCUT2D eigenvalue weighted by Crippen LogP contribution is 2.60. The molecule has 2 bridgehead atoms. The maximum absolute atomic E-state index is 14.6. The summed E-state index contributed by atoms with van der Waals surface area (Å²) in [6, 6.07) is 5.95. The number of rotatable bonds is 16. The smallest absolute Gasteiger partial charge is 0.312 e. The van der Waals surface area contributed by atoms with Crippen molar-refractivity contribution in [3.63, 3.8) is 0 Å². The summed E-state index contributed by atoms with van der Waals surface area (Å²) in [4.78, 5) is 57.3. The molecule has 240 valence electrons. The van der Waals surface area contributed by atoms with Gasteiger partial charge in [-0.25, -0.2) is 0 Å². The first-order valence-corrected chi connectivity index (χ1v) is 16.4. The van der Waals surface area contributed by atoms with E-state index in [1.54, 1.807) is 48.2 Å². The number of fused-ring (bicyclic) bond motifs is 1. The van der Waals surface area contributed by atoms with Gasteiger partial charge < -0.3 is 29.7 Å². The van der Waals surface area contributed by atoms with Crippen LogP contribution in [0.4, 0.5) is 5.69 Å². The number of hydrogen-bond acceptors (Lipinski definition) is 7. The van der Waals surface area contributed by atoms with Crippen LogP contribution in [-0.2, 0) is 28.7 Å². The monoisotopic (exact) mass is 693 g/mol. The highest BCUT2D eigenvalue weighted by atomic mass is 79.9. The number of likely N-dealkylation sites (tertiary alicyclic amines) is 1. The average molecular weight is 695 g/mol. The number of aliphatic hydroxyl groups is 1. The molecule has 3 fully saturated rings. The number of allylic oxidation sites excluding steroid dienone is 1. The van der Waals surface area contributed by atoms with E-state index in [-0.39, 0.29) is 55.2 Å². The molecular formula is C32H41BrClN3O7. The first-order valence-electron chi connectivity index (χ1n) is 15.1. The Morgan fingerprint density at radius 1 is 1.27 bits per heavy atom. The molecular weight excluding hydrogens is 654 g/mol. The largest absolute Gasteiger partial charge is 0.460 e. The molecule has 0 aliphatic carbocycles. The Hall–Kier alpha value is -2.73. The number of halogens is 2. The third-order valence-electron chi connectivity index (χ3n) is 8.55. The number of nitrogens with one attached hydrogen (secondary N) is 1. The van der Waals surface area contributed by atoms with E-state index in [1.165, 1.54) is 4.90 Å². The second kappa shape index (κ2) is 15.0. The molecule has 3 aliphatic rings. The Morgan fingerprint density at radius 2 is 2.02 bits per heavy atom. The van der Waals surface area contributed by atoms with Gasteiger partial charge in [-0.05, 0) is 51.2 Å². The molecule has 3 saturated heterocycles. The summed E-state index contributed by atoms with van der Waals surface area (Å²) >= 11 is 10.2. The van der Waals surface area contributed by atoms with E-state index in [0.717, 1.165) is 0 Å². The Kier molecular flexibility index (Phi) is 11.7. The molecule has 1 spiro atoms. The molecule has 1 unspecified atom stereocenters. The Morgan fingerprint density at radius 3 is 2.70 bits per heavy atom. The lowest BCUT2D eigenvalue weighted by Crippen LogP contribution is -2.57. The van der Waals surface area contributed by atoms with Crippen LogP contribution in [-0.4, -0.2) is 88.6 Å². The van der Waals surface area contributed by atoms with Gasteiger partial charge in [0.05, 0.1) is 35.2 Å². The highest BCUT2D eigenvalue weighted by molar-refractivity contribution is 9.09. The minimum atomic E-state index is -1.27. The number of ether oxygens (including phenoxy) is 2. The van der Waals surface area contributed by atoms with Crippen LogP contribution in [0.1, 0.15) is 45.4 Å². The lowest BCUT2D eigenvalue weighted by atomic mass is 9.70. The van der Waals surface area contributed by atoms with Gasteiger partial charge in [0.2, 0.25) is 11.8 Å². The minimum Gasteiger partial charge on any atom is -0.460 e. The fourth-order valence-corrected chi connectivity index (χ4v) is 7.82. The van der Waals surface area contributed by atoms with Gasteiger partial charge in [0.25, 0.3) is 5.91 Å². The number of esters is 1. The molecule has 2 N–H and O–H groups in total. The van der Waals surface area contributed by atoms with E-state index in [4.69, 9.17) is 21.1 Å². The van der Waals surface area contributed by atoms with Crippen LogP contribution >= 0.6 is 27.5 Å². The predicted molar refractivity (Wildman–Crippen MR) is 170 cm³/mol. The average Bonchev–Trinajstić information content (AvgIpc) is 3.59. The summed E-state index contributed by atoms with van der Waals surface area (Å²) in [6.45, 7) is 9.66. The normalized spacial score (nSPS) is 27.5. The number of aliphatic hydroxyl groups excluding tert-OH is 1. The number of carbonyl (C=O) groups excluding carboxylic acids is 4. The third-order valence-corrected chi connectivity index (χ3v) is 9.72. The van der Waals surface area contributed by atoms with E-state index in [1.807, 2.05) is 0 Å². The Labute approximate surface area is 271 Å². The SMILES string of the molecule is C=CCCC(=O)NC[C@H](C)OC(=O)[C@@H]1[C@H]2O[C@@]3(CC2Br)[C@H](C(=O)N(CC=C)c2ccccc2Cl)N(CCCCCO)C(=O)[C@@H]13. The molecule has 1 aromatic rings. The number of alkyl halides is 1. The van der Waals surface area contributed by atoms with Crippen molar-refractivity contribution in [3.8, 4) is 0 Å². The third kappa shape index (κ3) is 6.76. The number of unbranched alkanes of at least 4 members (excludes halogenated alkanes) is 2. The number of nitrogens with zero attached hydrogens (tertiary/aromatic N) is 2. The van der Waals surface area contributed by atoms with Gasteiger partial charge in [0.15, 0.2) is 0 Å². The maximum Gasteiger partial charge on any atom is 0.312 e. The first kappa shape index (κ1) is 34.1. The predicted octanol–water partition coefficient (Wildman–Crippen LogP) is 3.78. The van der Waals surface area contributed by atoms with E-state index >= 15 is 0 Å². The fourth-order valence-electron chi connectivity index (χ4n) is 6.64. The van der Waals surface area contributed by atoms with E-state index in [9.17, 15) is 24.3 Å². The standard InChI is InChI=1S/C32H41BrClN3O7/c1-4-6-14-24(39)35-19-20(3)43-31(42)25-26-29(40)37(16-10-7-11-17-38)28(32(26)18-21(33)27(25)44-32)30(41)36(15-5-2)23-13-9-8-12-22(23)34/h4-5,8-9,12-13,20-21,25-28,38H,1-2,6-7,10-11,14-19H2,3H3,(H,35,39)/t20-,21?,25-,26+,27-,28-,32+/m0/s1. The molecule has 12 heteroatoms. The maximum atomic E-state index is 14.6. The number of amides is 3. The molecule has 3 heterocycles. The number of para-hydroxylation sites is 1. The van der Waals surface area contributed by atoms with Gasteiger partial charge in [-0.1, -0.05) is 51.8 Å². The lowest BCUT2D eigenvalue weighted by Gasteiger charge is -2.37. The van der Waals surface area contributed by atoms with Crippen molar-refractivity contribution in [1.29, 1.82) is 0 Å². The van der Waals surface area contributed by atoms with E-state index in [2.05, 4.69) is 34.4 Å². The topological polar surface area (TPSA) is 125 Å². The molecule has 0 saturated carbocycles. The van der Waals surface area contributed by atoms with Crippen LogP contribution in [0.15, 0.2) is 49.6 Å². The highest BCUT2D eigenvalue weighted by Gasteiger charge is 2.77. The molecule has 7 atom stereocenters. The zero-order valence-corrected chi connectivity index (χ0v) is 27.3. The number of carbonyl (C=O) groups is 4. The molecule has 3 amide bonds. The van der Waals surface area contributed by atoms with E-state index in [0.29, 0.717) is 42.8 Å². The molecule has 10 nitrogen and oxygen atoms in total. The van der Waals surface area contributed by atoms with Crippen LogP contribution in [0, 0.1) is 11.8 Å². The quantitative estimate of drug-likeness (QED) is 0.117. The van der Waals surface area contributed by atoms with Crippen LogP contribution in [0.2, 0.25) is 5.02 Å². The summed E-state index contributed by atoms with van der Waals surface area (Å²) in [5, 5.41) is 12.4. The minimum absolute atomic E-state index is 0.0271. The van der Waals surface area contributed by atoms with Gasteiger partial charge >= 0.3 is 5.97 Å². The van der Waals surface area contributed by atoms with Crippen molar-refractivity contribution in [2.45, 2.75) is 74.1 Å². The van der Waals surface area contributed by atoms with Crippen LogP contribution in [0.3, 0.4) is 0 Å². The zero-order valence-electron chi connectivity index (χ0n) is 25.0. The summed E-state index contributed by atoms with van der Waals surface area (Å²) < 4.78 is 12.3. The van der Waals surface area contributed by atoms with Crippen molar-refractivity contribution < 1.29 is 33.8 Å². The first-order chi connectivity index (χ1) is 21.1. The number of anilines is 1. The van der Waals surface area contributed by atoms with Gasteiger partial charge in [-0.15, -0.1) is 13.2 Å². The van der Waals surface area contributed by atoms with Crippen LogP contribution in [0.25, 0.3) is 0 Å². The second-order valence-electron chi connectivity index (χ2n) is 11.5. The van der Waals surface area contributed by atoms with Crippen LogP contribution in [0.5, 0.6) is 0 Å². The van der Waals surface area contributed by atoms with Crippen molar-refractivity contribution in [3.05, 3.63) is 54.6 Å². The lowest BCUT2D eigenvalue weighted by molar-refractivity contribution is -0.159. The van der Waals surface area contributed by atoms with Crippen molar-refractivity contribution in [1.82, 2.24) is 10.2 Å². The molecule has 0 aromatic heterocycles. The summed E-state index contributed by atoms with van der Waals surface area (Å²) in [6.07, 6.45) is 4.88. The molecule has 3 aliphatic heterocycles. The number of hydrogen-bond donors (Lipinski definition) is 2. The van der Waals surface area contributed by atoms with Crippen molar-refractivity contribution in [2.75, 3.05) is 31.1 Å². The Bertz CT molecular complexity index is 1260. The molecule has 44 heavy (non-hydrogen) atoms. The summed E-state index contributed by atoms with van der Waals surface area (Å²) in [5.41, 5.74) is -0.786. The van der Waals surface area contributed by atoms with Gasteiger partial charge in [0, 0.05) is 30.9 Å². The van der Waals surface area contributed by atoms with Gasteiger partial charge in [-0.3, -0.25) is 19.2 Å². The zero-order chi connectivity index (χ0) is 32.0. The second-order valence-corrected chi connectivity index (χ2v) is 13.1. The van der Waals surface area contributed by atoms with Gasteiger partial charge in [-0.2, -0.15) is 0 Å². The molecule has 4 rings (SSSR count). The Balaban J connectivity index is 1.64. The molecule has 1 aromatic carbocycles. The molecule has 0 radical (unpaired) electrons. The van der Waals surface area contributed by atoms with Crippen LogP contribution < -0.4 is 10.2 Å². The number of benzene rings is 1. The fraction of sp³-hybridized carbons (Fsp3) is 0.562. The van der Waals surface area contributed by atoms with Crippen molar-refractivity contribution >= 4 is 56.9 Å². The van der Waals surface area contributed by atoms with Gasteiger partial charge in [0.1, 0.15) is 17.7 Å². The summed E-state index contributed by atoms with van der Waals surface area (Å²) in [5.74, 6) is -3.35. The summed E-state index contributed by atoms with van der Waals surface area (Å²) in [7, 11) is 0. The van der Waals surface area contributed by atoms with Crippen molar-refractivity contribution in [2.24, 2.45) is 11.8 Å².